The van der Waals surface area contributed by atoms with E-state index in [2.05, 4.69) is 10.0 Å². The number of anilines is 2. The van der Waals surface area contributed by atoms with Crippen molar-refractivity contribution >= 4 is 44.9 Å². The van der Waals surface area contributed by atoms with Gasteiger partial charge >= 0.3 is 5.97 Å². The van der Waals surface area contributed by atoms with Crippen LogP contribution >= 0.6 is 11.6 Å². The van der Waals surface area contributed by atoms with Crippen molar-refractivity contribution in [3.63, 3.8) is 0 Å². The van der Waals surface area contributed by atoms with E-state index in [1.165, 1.54) is 24.3 Å². The quantitative estimate of drug-likeness (QED) is 0.448. The Hall–Kier alpha value is -3.36. The summed E-state index contributed by atoms with van der Waals surface area (Å²) in [5, 5.41) is 2.91. The number of ether oxygens (including phenoxy) is 1. The Bertz CT molecular complexity index is 1300. The van der Waals surface area contributed by atoms with Gasteiger partial charge in [-0.05, 0) is 68.8 Å². The molecule has 7 nitrogen and oxygen atoms in total. The van der Waals surface area contributed by atoms with Crippen molar-refractivity contribution in [1.29, 1.82) is 0 Å². The summed E-state index contributed by atoms with van der Waals surface area (Å²) in [7, 11) is -3.83. The number of amides is 1. The summed E-state index contributed by atoms with van der Waals surface area (Å²) in [4.78, 5) is 25.1. The van der Waals surface area contributed by atoms with Gasteiger partial charge in [0.25, 0.3) is 15.9 Å². The third-order valence-corrected chi connectivity index (χ3v) is 6.58. The van der Waals surface area contributed by atoms with E-state index in [4.69, 9.17) is 16.3 Å². The van der Waals surface area contributed by atoms with E-state index in [1.54, 1.807) is 50.2 Å². The molecule has 0 saturated carbocycles. The Morgan fingerprint density at radius 3 is 2.33 bits per heavy atom. The molecule has 172 valence electrons. The highest BCUT2D eigenvalue weighted by Gasteiger charge is 2.19. The number of nitrogens with one attached hydrogen (secondary N) is 2. The van der Waals surface area contributed by atoms with Crippen LogP contribution in [0.4, 0.5) is 11.4 Å². The van der Waals surface area contributed by atoms with Crippen LogP contribution in [0.2, 0.25) is 5.02 Å². The summed E-state index contributed by atoms with van der Waals surface area (Å²) in [6, 6.07) is 15.7. The minimum Gasteiger partial charge on any atom is -0.462 e. The zero-order valence-electron chi connectivity index (χ0n) is 18.3. The number of benzene rings is 3. The standard InChI is InChI=1S/C24H23ClN2O5S/c1-4-32-24(29)20-14-17(10-13-21(20)25)26-23(28)19-6-5-7-22(16(19)3)27-33(30,31)18-11-8-15(2)9-12-18/h5-14,27H,4H2,1-3H3,(H,26,28). The van der Waals surface area contributed by atoms with Gasteiger partial charge in [0, 0.05) is 11.3 Å². The summed E-state index contributed by atoms with van der Waals surface area (Å²) in [6.07, 6.45) is 0. The second-order valence-electron chi connectivity index (χ2n) is 7.27. The molecule has 3 aromatic carbocycles. The van der Waals surface area contributed by atoms with Gasteiger partial charge in [0.15, 0.2) is 0 Å². The second-order valence-corrected chi connectivity index (χ2v) is 9.36. The molecule has 3 rings (SSSR count). The van der Waals surface area contributed by atoms with E-state index in [1.807, 2.05) is 6.92 Å². The number of esters is 1. The van der Waals surface area contributed by atoms with Crippen molar-refractivity contribution < 1.29 is 22.7 Å². The molecule has 33 heavy (non-hydrogen) atoms. The van der Waals surface area contributed by atoms with Crippen LogP contribution in [0.15, 0.2) is 65.6 Å². The number of hydrogen-bond donors (Lipinski definition) is 2. The zero-order valence-corrected chi connectivity index (χ0v) is 19.9. The van der Waals surface area contributed by atoms with Crippen molar-refractivity contribution in [2.75, 3.05) is 16.6 Å². The summed E-state index contributed by atoms with van der Waals surface area (Å²) in [5.74, 6) is -1.07. The van der Waals surface area contributed by atoms with E-state index in [9.17, 15) is 18.0 Å². The molecule has 0 spiro atoms. The molecule has 0 aliphatic rings. The number of sulfonamides is 1. The number of rotatable bonds is 7. The summed E-state index contributed by atoms with van der Waals surface area (Å²) in [6.45, 7) is 5.39. The molecular formula is C24H23ClN2O5S. The number of carbonyl (C=O) groups excluding carboxylic acids is 2. The van der Waals surface area contributed by atoms with E-state index >= 15 is 0 Å². The minimum absolute atomic E-state index is 0.120. The molecule has 2 N–H and O–H groups in total. The van der Waals surface area contributed by atoms with Crippen molar-refractivity contribution in [1.82, 2.24) is 0 Å². The van der Waals surface area contributed by atoms with E-state index in [-0.39, 0.29) is 33.3 Å². The topological polar surface area (TPSA) is 102 Å². The molecule has 9 heteroatoms. The van der Waals surface area contributed by atoms with Gasteiger partial charge in [0.1, 0.15) is 0 Å². The molecule has 0 aliphatic heterocycles. The molecule has 0 atom stereocenters. The van der Waals surface area contributed by atoms with Crippen LogP contribution in [-0.2, 0) is 14.8 Å². The van der Waals surface area contributed by atoms with Crippen LogP contribution in [0, 0.1) is 13.8 Å². The van der Waals surface area contributed by atoms with Gasteiger partial charge in [-0.15, -0.1) is 0 Å². The number of hydrogen-bond acceptors (Lipinski definition) is 5. The Morgan fingerprint density at radius 2 is 1.67 bits per heavy atom. The first-order valence-electron chi connectivity index (χ1n) is 10.1. The largest absolute Gasteiger partial charge is 0.462 e. The average molecular weight is 487 g/mol. The van der Waals surface area contributed by atoms with Gasteiger partial charge < -0.3 is 10.1 Å². The summed E-state index contributed by atoms with van der Waals surface area (Å²) < 4.78 is 33.0. The van der Waals surface area contributed by atoms with E-state index in [0.717, 1.165) is 5.56 Å². The Kier molecular flexibility index (Phi) is 7.40. The highest BCUT2D eigenvalue weighted by atomic mass is 35.5. The number of carbonyl (C=O) groups is 2. The van der Waals surface area contributed by atoms with Crippen LogP contribution in [0.3, 0.4) is 0 Å². The molecule has 0 fully saturated rings. The lowest BCUT2D eigenvalue weighted by molar-refractivity contribution is 0.0526. The Labute approximate surface area is 197 Å². The third-order valence-electron chi connectivity index (χ3n) is 4.87. The lowest BCUT2D eigenvalue weighted by Crippen LogP contribution is -2.17. The van der Waals surface area contributed by atoms with Gasteiger partial charge in [0.05, 0.1) is 27.8 Å². The van der Waals surface area contributed by atoms with Gasteiger partial charge in [0.2, 0.25) is 0 Å². The van der Waals surface area contributed by atoms with Gasteiger partial charge in [-0.3, -0.25) is 9.52 Å². The van der Waals surface area contributed by atoms with Crippen molar-refractivity contribution in [2.24, 2.45) is 0 Å². The maximum atomic E-state index is 12.9. The zero-order chi connectivity index (χ0) is 24.2. The Balaban J connectivity index is 1.84. The van der Waals surface area contributed by atoms with E-state index in [0.29, 0.717) is 11.3 Å². The number of halogens is 1. The van der Waals surface area contributed by atoms with Crippen LogP contribution < -0.4 is 10.0 Å². The smallest absolute Gasteiger partial charge is 0.339 e. The lowest BCUT2D eigenvalue weighted by atomic mass is 10.1. The molecule has 0 aromatic heterocycles. The monoisotopic (exact) mass is 486 g/mol. The molecule has 0 bridgehead atoms. The first-order chi connectivity index (χ1) is 15.6. The minimum atomic E-state index is -3.83. The number of aryl methyl sites for hydroxylation is 1. The van der Waals surface area contributed by atoms with Crippen molar-refractivity contribution in [3.05, 3.63) is 87.9 Å². The average Bonchev–Trinajstić information content (AvgIpc) is 2.76. The van der Waals surface area contributed by atoms with Gasteiger partial charge in [-0.25, -0.2) is 13.2 Å². The molecule has 0 aliphatic carbocycles. The molecule has 0 unspecified atom stereocenters. The second kappa shape index (κ2) is 10.1. The predicted octanol–water partition coefficient (Wildman–Crippen LogP) is 5.19. The SMILES string of the molecule is CCOC(=O)c1cc(NC(=O)c2cccc(NS(=O)(=O)c3ccc(C)cc3)c2C)ccc1Cl. The highest BCUT2D eigenvalue weighted by molar-refractivity contribution is 7.92. The summed E-state index contributed by atoms with van der Waals surface area (Å²) >= 11 is 6.07. The molecule has 1 amide bonds. The van der Waals surface area contributed by atoms with Crippen molar-refractivity contribution in [3.8, 4) is 0 Å². The summed E-state index contributed by atoms with van der Waals surface area (Å²) in [5.41, 5.74) is 2.42. The molecular weight excluding hydrogens is 464 g/mol. The fourth-order valence-corrected chi connectivity index (χ4v) is 4.40. The first kappa shape index (κ1) is 24.3. The predicted molar refractivity (Wildman–Crippen MR) is 129 cm³/mol. The molecule has 0 radical (unpaired) electrons. The third kappa shape index (κ3) is 5.71. The fraction of sp³-hybridized carbons (Fsp3) is 0.167. The maximum absolute atomic E-state index is 12.9. The van der Waals surface area contributed by atoms with Gasteiger partial charge in [-0.1, -0.05) is 35.4 Å². The highest BCUT2D eigenvalue weighted by Crippen LogP contribution is 2.25. The molecule has 3 aromatic rings. The van der Waals surface area contributed by atoms with Crippen molar-refractivity contribution in [2.45, 2.75) is 25.7 Å². The molecule has 0 heterocycles. The first-order valence-corrected chi connectivity index (χ1v) is 12.0. The molecule has 0 saturated heterocycles. The van der Waals surface area contributed by atoms with Crippen LogP contribution in [0.5, 0.6) is 0 Å². The maximum Gasteiger partial charge on any atom is 0.339 e. The van der Waals surface area contributed by atoms with Crippen LogP contribution in [0.25, 0.3) is 0 Å². The fourth-order valence-electron chi connectivity index (χ4n) is 3.08. The van der Waals surface area contributed by atoms with Crippen LogP contribution in [0.1, 0.15) is 38.8 Å². The van der Waals surface area contributed by atoms with Gasteiger partial charge in [-0.2, -0.15) is 0 Å². The lowest BCUT2D eigenvalue weighted by Gasteiger charge is -2.14. The van der Waals surface area contributed by atoms with Crippen LogP contribution in [-0.4, -0.2) is 26.9 Å². The van der Waals surface area contributed by atoms with E-state index < -0.39 is 21.9 Å². The normalized spacial score (nSPS) is 11.0. The Morgan fingerprint density at radius 1 is 0.970 bits per heavy atom.